The Morgan fingerprint density at radius 1 is 0.553 bits per heavy atom. The van der Waals surface area contributed by atoms with Crippen LogP contribution in [0.2, 0.25) is 0 Å². The fourth-order valence-electron chi connectivity index (χ4n) is 6.76. The van der Waals surface area contributed by atoms with Crippen LogP contribution < -0.4 is 0 Å². The Morgan fingerprint density at radius 3 is 1.17 bits per heavy atom. The predicted molar refractivity (Wildman–Crippen MR) is 189 cm³/mol. The molecule has 2 atom stereocenters. The Morgan fingerprint density at radius 2 is 0.872 bits per heavy atom. The summed E-state index contributed by atoms with van der Waals surface area (Å²) in [7, 11) is 0. The van der Waals surface area contributed by atoms with Gasteiger partial charge in [-0.15, -0.1) is 30.0 Å². The molecule has 0 radical (unpaired) electrons. The normalized spacial score (nSPS) is 13.8. The maximum absolute atomic E-state index is 11.9. The summed E-state index contributed by atoms with van der Waals surface area (Å²) in [5.41, 5.74) is 7.84. The number of phenols is 2. The third kappa shape index (κ3) is 7.02. The second-order valence-electron chi connectivity index (χ2n) is 15.6. The number of nitrogens with zero attached hydrogens (tertiary/aromatic N) is 6. The van der Waals surface area contributed by atoms with Crippen molar-refractivity contribution in [2.24, 2.45) is 10.8 Å². The molecule has 0 fully saturated rings. The quantitative estimate of drug-likeness (QED) is 0.174. The second kappa shape index (κ2) is 12.1. The third-order valence-corrected chi connectivity index (χ3v) is 8.74. The van der Waals surface area contributed by atoms with Gasteiger partial charge in [0.15, 0.2) is 0 Å². The number of phenolic OH excluding ortho intramolecular Hbond substituents is 2. The van der Waals surface area contributed by atoms with Crippen LogP contribution in [0.25, 0.3) is 33.4 Å². The third-order valence-electron chi connectivity index (χ3n) is 8.74. The zero-order valence-electron chi connectivity index (χ0n) is 28.8. The van der Waals surface area contributed by atoms with E-state index in [9.17, 15) is 10.2 Å². The van der Waals surface area contributed by atoms with Crippen LogP contribution in [0, 0.1) is 10.8 Å². The Hall–Kier alpha value is -4.72. The molecule has 0 bridgehead atoms. The van der Waals surface area contributed by atoms with Gasteiger partial charge < -0.3 is 10.2 Å². The zero-order chi connectivity index (χ0) is 33.7. The van der Waals surface area contributed by atoms with Gasteiger partial charge in [0, 0.05) is 17.5 Å². The Labute approximate surface area is 277 Å². The molecule has 0 saturated heterocycles. The summed E-state index contributed by atoms with van der Waals surface area (Å²) in [6.07, 6.45) is 2.21. The average Bonchev–Trinajstić information content (AvgIpc) is 3.61. The Balaban J connectivity index is 1.51. The topological polar surface area (TPSA) is 102 Å². The largest absolute Gasteiger partial charge is 0.505 e. The molecule has 2 unspecified atom stereocenters. The van der Waals surface area contributed by atoms with Crippen molar-refractivity contribution in [1.82, 2.24) is 30.0 Å². The number of aromatic nitrogens is 6. The van der Waals surface area contributed by atoms with Crippen molar-refractivity contribution in [2.75, 3.05) is 0 Å². The van der Waals surface area contributed by atoms with Crippen molar-refractivity contribution in [3.8, 4) is 22.9 Å². The minimum Gasteiger partial charge on any atom is -0.505 e. The van der Waals surface area contributed by atoms with E-state index < -0.39 is 0 Å². The smallest absolute Gasteiger partial charge is 0.146 e. The molecule has 0 amide bonds. The number of hydrogen-bond acceptors (Lipinski definition) is 6. The lowest BCUT2D eigenvalue weighted by atomic mass is 9.81. The van der Waals surface area contributed by atoms with Crippen molar-refractivity contribution in [2.45, 2.75) is 86.5 Å². The number of rotatable bonds is 8. The summed E-state index contributed by atoms with van der Waals surface area (Å²) in [4.78, 5) is 3.06. The van der Waals surface area contributed by atoms with E-state index in [0.29, 0.717) is 28.9 Å². The number of aromatic hydroxyl groups is 2. The zero-order valence-corrected chi connectivity index (χ0v) is 28.8. The molecule has 6 aromatic rings. The second-order valence-corrected chi connectivity index (χ2v) is 15.6. The Bertz CT molecular complexity index is 1850. The standard InChI is InChI=1S/C39H46N6O2/c1-24(22-38(3,4)5)26-17-28(36(46)34(20-26)44-40-30-13-9-10-14-31(30)41-44)19-29-18-27(25(2)23-39(6,7)8)21-35(37(29)47)45-42-32-15-11-12-16-33(32)43-45/h9-18,20-21,24-25,46-47H,19,22-23H2,1-8H3. The molecule has 2 aromatic heterocycles. The van der Waals surface area contributed by atoms with Gasteiger partial charge in [0.05, 0.1) is 0 Å². The molecule has 8 nitrogen and oxygen atoms in total. The van der Waals surface area contributed by atoms with Crippen LogP contribution in [-0.4, -0.2) is 40.2 Å². The van der Waals surface area contributed by atoms with Gasteiger partial charge in [0.1, 0.15) is 44.9 Å². The van der Waals surface area contributed by atoms with Crippen LogP contribution in [-0.2, 0) is 6.42 Å². The maximum atomic E-state index is 11.9. The van der Waals surface area contributed by atoms with E-state index in [2.05, 4.69) is 67.5 Å². The molecule has 0 aliphatic rings. The lowest BCUT2D eigenvalue weighted by molar-refractivity contribution is 0.348. The molecule has 0 aliphatic heterocycles. The van der Waals surface area contributed by atoms with Crippen molar-refractivity contribution < 1.29 is 10.2 Å². The van der Waals surface area contributed by atoms with Gasteiger partial charge in [-0.3, -0.25) is 0 Å². The number of fused-ring (bicyclic) bond motifs is 2. The van der Waals surface area contributed by atoms with E-state index in [0.717, 1.165) is 46.0 Å². The first-order valence-corrected chi connectivity index (χ1v) is 16.5. The molecule has 47 heavy (non-hydrogen) atoms. The van der Waals surface area contributed by atoms with Crippen LogP contribution in [0.1, 0.15) is 102 Å². The van der Waals surface area contributed by atoms with Gasteiger partial charge in [-0.05, 0) is 83.0 Å². The van der Waals surface area contributed by atoms with Crippen molar-refractivity contribution >= 4 is 22.1 Å². The van der Waals surface area contributed by atoms with Crippen LogP contribution >= 0.6 is 0 Å². The van der Waals surface area contributed by atoms with Gasteiger partial charge in [-0.1, -0.05) is 91.8 Å². The first kappa shape index (κ1) is 32.2. The van der Waals surface area contributed by atoms with Crippen molar-refractivity contribution in [3.05, 3.63) is 95.1 Å². The lowest BCUT2D eigenvalue weighted by Crippen LogP contribution is -2.12. The summed E-state index contributed by atoms with van der Waals surface area (Å²) < 4.78 is 0. The van der Waals surface area contributed by atoms with Crippen molar-refractivity contribution in [1.29, 1.82) is 0 Å². The fraction of sp³-hybridized carbons (Fsp3) is 0.385. The summed E-state index contributed by atoms with van der Waals surface area (Å²) in [6.45, 7) is 17.9. The summed E-state index contributed by atoms with van der Waals surface area (Å²) in [5.74, 6) is 0.602. The first-order chi connectivity index (χ1) is 22.1. The van der Waals surface area contributed by atoms with Gasteiger partial charge in [-0.25, -0.2) is 0 Å². The van der Waals surface area contributed by atoms with Gasteiger partial charge in [0.2, 0.25) is 0 Å². The molecular weight excluding hydrogens is 584 g/mol. The van der Waals surface area contributed by atoms with Crippen LogP contribution in [0.4, 0.5) is 0 Å². The highest BCUT2D eigenvalue weighted by Crippen LogP contribution is 2.40. The SMILES string of the molecule is CC(CC(C)(C)C)c1cc(Cc2cc(C(C)CC(C)(C)C)cc(-n3nc4ccccc4n3)c2O)c(O)c(-n2nc3ccccc3n2)c1. The van der Waals surface area contributed by atoms with Gasteiger partial charge in [0.25, 0.3) is 0 Å². The summed E-state index contributed by atoms with van der Waals surface area (Å²) in [5, 5.41) is 42.5. The lowest BCUT2D eigenvalue weighted by Gasteiger charge is -2.25. The Kier molecular flexibility index (Phi) is 8.32. The van der Waals surface area contributed by atoms with Crippen LogP contribution in [0.15, 0.2) is 72.8 Å². The van der Waals surface area contributed by atoms with E-state index in [4.69, 9.17) is 20.4 Å². The highest BCUT2D eigenvalue weighted by molar-refractivity contribution is 5.75. The molecular formula is C39H46N6O2. The maximum Gasteiger partial charge on any atom is 0.146 e. The minimum atomic E-state index is 0.0917. The number of hydrogen-bond donors (Lipinski definition) is 2. The van der Waals surface area contributed by atoms with Crippen LogP contribution in [0.3, 0.4) is 0 Å². The molecule has 0 saturated carbocycles. The van der Waals surface area contributed by atoms with E-state index in [1.807, 2.05) is 60.7 Å². The predicted octanol–water partition coefficient (Wildman–Crippen LogP) is 9.24. The van der Waals surface area contributed by atoms with E-state index in [1.54, 1.807) is 0 Å². The molecule has 2 heterocycles. The highest BCUT2D eigenvalue weighted by Gasteiger charge is 2.25. The summed E-state index contributed by atoms with van der Waals surface area (Å²) >= 11 is 0. The van der Waals surface area contributed by atoms with E-state index in [1.165, 1.54) is 9.59 Å². The fourth-order valence-corrected chi connectivity index (χ4v) is 6.76. The first-order valence-electron chi connectivity index (χ1n) is 16.5. The van der Waals surface area contributed by atoms with E-state index >= 15 is 0 Å². The van der Waals surface area contributed by atoms with Crippen molar-refractivity contribution in [3.63, 3.8) is 0 Å². The monoisotopic (exact) mass is 630 g/mol. The van der Waals surface area contributed by atoms with Crippen LogP contribution in [0.5, 0.6) is 11.5 Å². The molecule has 8 heteroatoms. The number of benzene rings is 4. The van der Waals surface area contributed by atoms with E-state index in [-0.39, 0.29) is 34.2 Å². The highest BCUT2D eigenvalue weighted by atomic mass is 16.3. The molecule has 2 N–H and O–H groups in total. The molecule has 0 aliphatic carbocycles. The average molecular weight is 631 g/mol. The van der Waals surface area contributed by atoms with Gasteiger partial charge >= 0.3 is 0 Å². The van der Waals surface area contributed by atoms with Gasteiger partial charge in [-0.2, -0.15) is 0 Å². The molecule has 0 spiro atoms. The minimum absolute atomic E-state index is 0.0917. The molecule has 6 rings (SSSR count). The molecule has 244 valence electrons. The molecule has 4 aromatic carbocycles. The summed E-state index contributed by atoms with van der Waals surface area (Å²) in [6, 6.07) is 23.5.